The molecule has 1 saturated heterocycles. The van der Waals surface area contributed by atoms with E-state index in [1.165, 1.54) is 29.6 Å². The van der Waals surface area contributed by atoms with Gasteiger partial charge in [0.2, 0.25) is 16.0 Å². The highest BCUT2D eigenvalue weighted by Gasteiger charge is 2.26. The number of carbonyl (C=O) groups excluding carboxylic acids is 1. The minimum Gasteiger partial charge on any atom is -0.367 e. The third-order valence-electron chi connectivity index (χ3n) is 5.01. The molecule has 0 atom stereocenters. The molecule has 4 N–H and O–H groups in total. The van der Waals surface area contributed by atoms with Gasteiger partial charge in [-0.15, -0.1) is 0 Å². The van der Waals surface area contributed by atoms with Gasteiger partial charge in [0.1, 0.15) is 5.82 Å². The van der Waals surface area contributed by atoms with Gasteiger partial charge in [-0.05, 0) is 25.7 Å². The summed E-state index contributed by atoms with van der Waals surface area (Å²) in [5.41, 5.74) is 5.72. The van der Waals surface area contributed by atoms with Gasteiger partial charge in [0, 0.05) is 31.4 Å². The minimum absolute atomic E-state index is 0.0896. The summed E-state index contributed by atoms with van der Waals surface area (Å²) in [6, 6.07) is 0.389. The van der Waals surface area contributed by atoms with E-state index in [2.05, 4.69) is 20.6 Å². The van der Waals surface area contributed by atoms with Gasteiger partial charge in [-0.2, -0.15) is 4.98 Å². The largest absolute Gasteiger partial charge is 0.367 e. The van der Waals surface area contributed by atoms with Crippen LogP contribution in [0.1, 0.15) is 48.9 Å². The van der Waals surface area contributed by atoms with Crippen LogP contribution in [0.4, 0.5) is 11.8 Å². The lowest BCUT2D eigenvalue weighted by Gasteiger charge is -2.30. The van der Waals surface area contributed by atoms with Crippen LogP contribution in [0, 0.1) is 0 Å². The molecule has 1 aromatic rings. The van der Waals surface area contributed by atoms with Crippen molar-refractivity contribution in [1.82, 2.24) is 14.3 Å². The minimum atomic E-state index is -3.14. The Hall–Kier alpha value is -1.94. The maximum absolute atomic E-state index is 11.6. The van der Waals surface area contributed by atoms with Crippen molar-refractivity contribution in [2.45, 2.75) is 50.6 Å². The predicted molar refractivity (Wildman–Crippen MR) is 99.5 cm³/mol. The first-order valence-electron chi connectivity index (χ1n) is 8.98. The lowest BCUT2D eigenvalue weighted by atomic mass is 10.1. The first kappa shape index (κ1) is 18.8. The molecule has 0 bridgehead atoms. The van der Waals surface area contributed by atoms with Crippen molar-refractivity contribution in [3.8, 4) is 0 Å². The number of sulfonamides is 1. The van der Waals surface area contributed by atoms with Crippen LogP contribution in [0.2, 0.25) is 0 Å². The number of hydrogen-bond donors (Lipinski definition) is 3. The summed E-state index contributed by atoms with van der Waals surface area (Å²) in [6.45, 7) is 0.950. The van der Waals surface area contributed by atoms with E-state index in [-0.39, 0.29) is 11.6 Å². The molecule has 9 nitrogen and oxygen atoms in total. The van der Waals surface area contributed by atoms with Crippen molar-refractivity contribution >= 4 is 27.7 Å². The van der Waals surface area contributed by atoms with Gasteiger partial charge in [-0.3, -0.25) is 4.79 Å². The van der Waals surface area contributed by atoms with Crippen LogP contribution in [0.15, 0.2) is 6.20 Å². The summed E-state index contributed by atoms with van der Waals surface area (Å²) in [5, 5.41) is 6.56. The van der Waals surface area contributed by atoms with Crippen LogP contribution < -0.4 is 16.4 Å². The summed E-state index contributed by atoms with van der Waals surface area (Å²) < 4.78 is 24.7. The molecule has 2 fully saturated rings. The van der Waals surface area contributed by atoms with Crippen molar-refractivity contribution in [3.63, 3.8) is 0 Å². The van der Waals surface area contributed by atoms with Gasteiger partial charge in [-0.1, -0.05) is 12.8 Å². The van der Waals surface area contributed by atoms with Gasteiger partial charge in [-0.25, -0.2) is 17.7 Å². The second-order valence-corrected chi connectivity index (χ2v) is 9.01. The van der Waals surface area contributed by atoms with Gasteiger partial charge >= 0.3 is 0 Å². The zero-order valence-electron chi connectivity index (χ0n) is 14.9. The van der Waals surface area contributed by atoms with Crippen LogP contribution in [0.3, 0.4) is 0 Å². The average Bonchev–Trinajstić information content (AvgIpc) is 3.07. The molecule has 0 radical (unpaired) electrons. The van der Waals surface area contributed by atoms with Crippen molar-refractivity contribution < 1.29 is 13.2 Å². The molecule has 2 heterocycles. The second kappa shape index (κ2) is 7.75. The zero-order valence-corrected chi connectivity index (χ0v) is 15.8. The van der Waals surface area contributed by atoms with Crippen LogP contribution in [0.5, 0.6) is 0 Å². The first-order valence-corrected chi connectivity index (χ1v) is 10.8. The van der Waals surface area contributed by atoms with Crippen LogP contribution >= 0.6 is 0 Å². The molecule has 144 valence electrons. The summed E-state index contributed by atoms with van der Waals surface area (Å²) in [5.74, 6) is 0.335. The number of nitrogens with zero attached hydrogens (tertiary/aromatic N) is 3. The first-order chi connectivity index (χ1) is 12.3. The number of nitrogens with one attached hydrogen (secondary N) is 2. The standard InChI is InChI=1S/C16H26N6O3S/c1-26(24,25)22-8-6-12(7-9-22)20-16-18-10-13(14(17)23)15(21-16)19-11-4-2-3-5-11/h10-12H,2-9H2,1H3,(H2,17,23)(H2,18,19,20,21). The number of amides is 1. The zero-order chi connectivity index (χ0) is 18.7. The molecule has 26 heavy (non-hydrogen) atoms. The highest BCUT2D eigenvalue weighted by atomic mass is 32.2. The maximum Gasteiger partial charge on any atom is 0.254 e. The van der Waals surface area contributed by atoms with Gasteiger partial charge < -0.3 is 16.4 Å². The molecule has 10 heteroatoms. The molecule has 1 aromatic heterocycles. The number of aromatic nitrogens is 2. The number of rotatable bonds is 6. The molecule has 1 aliphatic carbocycles. The lowest BCUT2D eigenvalue weighted by Crippen LogP contribution is -2.42. The van der Waals surface area contributed by atoms with E-state index < -0.39 is 15.9 Å². The van der Waals surface area contributed by atoms with Crippen molar-refractivity contribution in [2.24, 2.45) is 5.73 Å². The highest BCUT2D eigenvalue weighted by molar-refractivity contribution is 7.88. The SMILES string of the molecule is CS(=O)(=O)N1CCC(Nc2ncc(C(N)=O)c(NC3CCCC3)n2)CC1. The molecule has 0 spiro atoms. The van der Waals surface area contributed by atoms with E-state index in [1.807, 2.05) is 0 Å². The fourth-order valence-electron chi connectivity index (χ4n) is 3.52. The Morgan fingerprint density at radius 2 is 1.77 bits per heavy atom. The Labute approximate surface area is 153 Å². The van der Waals surface area contributed by atoms with E-state index in [1.54, 1.807) is 0 Å². The number of carbonyl (C=O) groups is 1. The highest BCUT2D eigenvalue weighted by Crippen LogP contribution is 2.24. The van der Waals surface area contributed by atoms with Gasteiger partial charge in [0.05, 0.1) is 11.8 Å². The Kier molecular flexibility index (Phi) is 5.61. The monoisotopic (exact) mass is 382 g/mol. The van der Waals surface area contributed by atoms with E-state index in [4.69, 9.17) is 5.73 Å². The Morgan fingerprint density at radius 3 is 2.35 bits per heavy atom. The topological polar surface area (TPSA) is 130 Å². The van der Waals surface area contributed by atoms with Crippen LogP contribution in [0.25, 0.3) is 0 Å². The van der Waals surface area contributed by atoms with E-state index in [0.717, 1.165) is 12.8 Å². The number of piperidine rings is 1. The van der Waals surface area contributed by atoms with Crippen LogP contribution in [-0.2, 0) is 10.0 Å². The molecule has 0 aromatic carbocycles. The smallest absolute Gasteiger partial charge is 0.254 e. The van der Waals surface area contributed by atoms with Crippen molar-refractivity contribution in [1.29, 1.82) is 0 Å². The molecule has 1 saturated carbocycles. The molecular formula is C16H26N6O3S. The Bertz CT molecular complexity index is 755. The maximum atomic E-state index is 11.6. The number of anilines is 2. The fourth-order valence-corrected chi connectivity index (χ4v) is 4.39. The van der Waals surface area contributed by atoms with Gasteiger partial charge in [0.15, 0.2) is 0 Å². The number of hydrogen-bond acceptors (Lipinski definition) is 7. The van der Waals surface area contributed by atoms with E-state index in [0.29, 0.717) is 43.7 Å². The van der Waals surface area contributed by atoms with E-state index >= 15 is 0 Å². The quantitative estimate of drug-likeness (QED) is 0.662. The fraction of sp³-hybridized carbons (Fsp3) is 0.688. The summed E-state index contributed by atoms with van der Waals surface area (Å²) in [4.78, 5) is 20.3. The summed E-state index contributed by atoms with van der Waals surface area (Å²) in [6.07, 6.45) is 8.47. The Balaban J connectivity index is 1.67. The van der Waals surface area contributed by atoms with Crippen LogP contribution in [-0.4, -0.2) is 60.0 Å². The molecule has 3 rings (SSSR count). The summed E-state index contributed by atoms with van der Waals surface area (Å²) >= 11 is 0. The second-order valence-electron chi connectivity index (χ2n) is 7.03. The van der Waals surface area contributed by atoms with Crippen molar-refractivity contribution in [3.05, 3.63) is 11.8 Å². The van der Waals surface area contributed by atoms with E-state index in [9.17, 15) is 13.2 Å². The summed E-state index contributed by atoms with van der Waals surface area (Å²) in [7, 11) is -3.14. The molecule has 1 amide bonds. The molecule has 1 aliphatic heterocycles. The predicted octanol–water partition coefficient (Wildman–Crippen LogP) is 0.766. The normalized spacial score (nSPS) is 20.2. The third kappa shape index (κ3) is 4.61. The molecule has 0 unspecified atom stereocenters. The molecular weight excluding hydrogens is 356 g/mol. The van der Waals surface area contributed by atoms with Gasteiger partial charge in [0.25, 0.3) is 5.91 Å². The number of nitrogens with two attached hydrogens (primary N) is 1. The molecule has 2 aliphatic rings. The van der Waals surface area contributed by atoms with Crippen molar-refractivity contribution in [2.75, 3.05) is 30.0 Å². The number of primary amides is 1. The average molecular weight is 382 g/mol. The Morgan fingerprint density at radius 1 is 1.15 bits per heavy atom. The third-order valence-corrected chi connectivity index (χ3v) is 6.31. The lowest BCUT2D eigenvalue weighted by molar-refractivity contribution is 0.100.